The van der Waals surface area contributed by atoms with Gasteiger partial charge in [0, 0.05) is 4.47 Å². The first-order valence-corrected chi connectivity index (χ1v) is 6.50. The number of carbonyl (C=O) groups is 1. The molecule has 7 heteroatoms. The standard InChI is InChI=1S/C13H14BrF3O3/c1-12(2,3)20-11(18)7-19-8-4-5-10(14)9(6-8)13(15,16)17/h4-6H,7H2,1-3H3. The lowest BCUT2D eigenvalue weighted by molar-refractivity contribution is -0.157. The van der Waals surface area contributed by atoms with Crippen molar-refractivity contribution in [2.45, 2.75) is 32.5 Å². The first kappa shape index (κ1) is 16.8. The summed E-state index contributed by atoms with van der Waals surface area (Å²) >= 11 is 2.82. The van der Waals surface area contributed by atoms with Crippen molar-refractivity contribution in [2.24, 2.45) is 0 Å². The molecule has 0 fully saturated rings. The molecule has 1 aromatic rings. The number of benzene rings is 1. The Morgan fingerprint density at radius 2 is 1.85 bits per heavy atom. The molecule has 0 bridgehead atoms. The minimum absolute atomic E-state index is 0.0496. The van der Waals surface area contributed by atoms with E-state index in [1.165, 1.54) is 12.1 Å². The Labute approximate surface area is 123 Å². The highest BCUT2D eigenvalue weighted by Crippen LogP contribution is 2.36. The van der Waals surface area contributed by atoms with E-state index in [1.54, 1.807) is 20.8 Å². The van der Waals surface area contributed by atoms with Crippen LogP contribution >= 0.6 is 15.9 Å². The van der Waals surface area contributed by atoms with Crippen molar-refractivity contribution < 1.29 is 27.4 Å². The lowest BCUT2D eigenvalue weighted by Crippen LogP contribution is -2.27. The Morgan fingerprint density at radius 3 is 2.35 bits per heavy atom. The van der Waals surface area contributed by atoms with Crippen molar-refractivity contribution in [3.8, 4) is 5.75 Å². The molecule has 0 aliphatic heterocycles. The maximum atomic E-state index is 12.7. The lowest BCUT2D eigenvalue weighted by atomic mass is 10.2. The number of esters is 1. The average Bonchev–Trinajstić information content (AvgIpc) is 2.24. The van der Waals surface area contributed by atoms with Gasteiger partial charge >= 0.3 is 12.1 Å². The smallest absolute Gasteiger partial charge is 0.417 e. The fraction of sp³-hybridized carbons (Fsp3) is 0.462. The van der Waals surface area contributed by atoms with Crippen LogP contribution in [0.15, 0.2) is 22.7 Å². The fourth-order valence-electron chi connectivity index (χ4n) is 1.32. The van der Waals surface area contributed by atoms with Gasteiger partial charge in [-0.1, -0.05) is 15.9 Å². The second-order valence-electron chi connectivity index (χ2n) is 5.01. The van der Waals surface area contributed by atoms with Crippen LogP contribution in [-0.4, -0.2) is 18.2 Å². The molecule has 0 amide bonds. The Bertz CT molecular complexity index is 493. The summed E-state index contributed by atoms with van der Waals surface area (Å²) in [6.07, 6.45) is -4.50. The van der Waals surface area contributed by atoms with E-state index in [0.29, 0.717) is 0 Å². The van der Waals surface area contributed by atoms with Gasteiger partial charge in [0.1, 0.15) is 11.4 Å². The molecule has 0 aliphatic rings. The van der Waals surface area contributed by atoms with Crippen LogP contribution < -0.4 is 4.74 Å². The van der Waals surface area contributed by atoms with Crippen LogP contribution in [0, 0.1) is 0 Å². The van der Waals surface area contributed by atoms with Crippen molar-refractivity contribution in [2.75, 3.05) is 6.61 Å². The average molecular weight is 355 g/mol. The molecule has 0 N–H and O–H groups in total. The summed E-state index contributed by atoms with van der Waals surface area (Å²) in [7, 11) is 0. The van der Waals surface area contributed by atoms with Crippen molar-refractivity contribution >= 4 is 21.9 Å². The molecule has 0 atom stereocenters. The number of alkyl halides is 3. The van der Waals surface area contributed by atoms with E-state index in [1.807, 2.05) is 0 Å². The Morgan fingerprint density at radius 1 is 1.25 bits per heavy atom. The zero-order valence-electron chi connectivity index (χ0n) is 11.2. The molecule has 112 valence electrons. The van der Waals surface area contributed by atoms with Gasteiger partial charge < -0.3 is 9.47 Å². The highest BCUT2D eigenvalue weighted by molar-refractivity contribution is 9.10. The number of carbonyl (C=O) groups excluding carboxylic acids is 1. The maximum Gasteiger partial charge on any atom is 0.417 e. The zero-order chi connectivity index (χ0) is 15.6. The number of ether oxygens (including phenoxy) is 2. The van der Waals surface area contributed by atoms with Crippen molar-refractivity contribution in [3.05, 3.63) is 28.2 Å². The fourth-order valence-corrected chi connectivity index (χ4v) is 1.80. The van der Waals surface area contributed by atoms with Crippen LogP contribution in [0.4, 0.5) is 13.2 Å². The molecule has 0 heterocycles. The van der Waals surface area contributed by atoms with Crippen molar-refractivity contribution in [3.63, 3.8) is 0 Å². The van der Waals surface area contributed by atoms with Crippen LogP contribution in [0.1, 0.15) is 26.3 Å². The van der Waals surface area contributed by atoms with E-state index in [4.69, 9.17) is 9.47 Å². The largest absolute Gasteiger partial charge is 0.482 e. The molecule has 20 heavy (non-hydrogen) atoms. The number of hydrogen-bond donors (Lipinski definition) is 0. The van der Waals surface area contributed by atoms with Crippen LogP contribution in [0.25, 0.3) is 0 Å². The van der Waals surface area contributed by atoms with Crippen molar-refractivity contribution in [1.82, 2.24) is 0 Å². The second-order valence-corrected chi connectivity index (χ2v) is 5.87. The quantitative estimate of drug-likeness (QED) is 0.763. The Balaban J connectivity index is 2.73. The molecule has 1 rings (SSSR count). The predicted octanol–water partition coefficient (Wildman–Crippen LogP) is 4.19. The van der Waals surface area contributed by atoms with E-state index < -0.39 is 29.9 Å². The van der Waals surface area contributed by atoms with Gasteiger partial charge in [-0.05, 0) is 39.0 Å². The van der Waals surface area contributed by atoms with E-state index in [-0.39, 0.29) is 10.2 Å². The molecule has 0 saturated heterocycles. The molecule has 0 spiro atoms. The predicted molar refractivity (Wildman–Crippen MR) is 70.5 cm³/mol. The first-order valence-electron chi connectivity index (χ1n) is 5.70. The third kappa shape index (κ3) is 5.40. The molecule has 3 nitrogen and oxygen atoms in total. The van der Waals surface area contributed by atoms with Gasteiger partial charge in [-0.2, -0.15) is 13.2 Å². The third-order valence-corrected chi connectivity index (χ3v) is 2.71. The zero-order valence-corrected chi connectivity index (χ0v) is 12.8. The normalized spacial score (nSPS) is 12.2. The summed E-state index contributed by atoms with van der Waals surface area (Å²) < 4.78 is 47.9. The minimum atomic E-state index is -4.50. The van der Waals surface area contributed by atoms with E-state index >= 15 is 0 Å². The van der Waals surface area contributed by atoms with E-state index in [9.17, 15) is 18.0 Å². The highest BCUT2D eigenvalue weighted by Gasteiger charge is 2.33. The molecule has 1 aromatic carbocycles. The summed E-state index contributed by atoms with van der Waals surface area (Å²) in [5.74, 6) is -0.694. The first-order chi connectivity index (χ1) is 8.99. The Hall–Kier alpha value is -1.24. The summed E-state index contributed by atoms with van der Waals surface area (Å²) in [6.45, 7) is 4.61. The second kappa shape index (κ2) is 6.03. The van der Waals surface area contributed by atoms with Crippen LogP contribution in [0.5, 0.6) is 5.75 Å². The molecular weight excluding hydrogens is 341 g/mol. The molecular formula is C13H14BrF3O3. The Kier molecular flexibility index (Phi) is 5.07. The number of halogens is 4. The topological polar surface area (TPSA) is 35.5 Å². The summed E-state index contributed by atoms with van der Waals surface area (Å²) in [4.78, 5) is 11.4. The molecule has 0 aromatic heterocycles. The van der Waals surface area contributed by atoms with Crippen LogP contribution in [0.2, 0.25) is 0 Å². The van der Waals surface area contributed by atoms with Gasteiger partial charge in [0.25, 0.3) is 0 Å². The lowest BCUT2D eigenvalue weighted by Gasteiger charge is -2.19. The minimum Gasteiger partial charge on any atom is -0.482 e. The summed E-state index contributed by atoms with van der Waals surface area (Å²) in [5.41, 5.74) is -1.53. The molecule has 0 unspecified atom stereocenters. The summed E-state index contributed by atoms with van der Waals surface area (Å²) in [5, 5.41) is 0. The molecule has 0 saturated carbocycles. The van der Waals surface area contributed by atoms with E-state index in [0.717, 1.165) is 6.07 Å². The third-order valence-electron chi connectivity index (χ3n) is 2.02. The van der Waals surface area contributed by atoms with Gasteiger partial charge in [0.15, 0.2) is 6.61 Å². The molecule has 0 aliphatic carbocycles. The SMILES string of the molecule is CC(C)(C)OC(=O)COc1ccc(Br)c(C(F)(F)F)c1. The van der Waals surface area contributed by atoms with Gasteiger partial charge in [0.2, 0.25) is 0 Å². The number of hydrogen-bond acceptors (Lipinski definition) is 3. The van der Waals surface area contributed by atoms with Crippen LogP contribution in [0.3, 0.4) is 0 Å². The van der Waals surface area contributed by atoms with E-state index in [2.05, 4.69) is 15.9 Å². The monoisotopic (exact) mass is 354 g/mol. The van der Waals surface area contributed by atoms with Crippen molar-refractivity contribution in [1.29, 1.82) is 0 Å². The molecule has 0 radical (unpaired) electrons. The number of rotatable bonds is 3. The van der Waals surface area contributed by atoms with Gasteiger partial charge in [-0.25, -0.2) is 4.79 Å². The highest BCUT2D eigenvalue weighted by atomic mass is 79.9. The van der Waals surface area contributed by atoms with Gasteiger partial charge in [-0.3, -0.25) is 0 Å². The van der Waals surface area contributed by atoms with Gasteiger partial charge in [-0.15, -0.1) is 0 Å². The summed E-state index contributed by atoms with van der Waals surface area (Å²) in [6, 6.07) is 3.38. The maximum absolute atomic E-state index is 12.7. The van der Waals surface area contributed by atoms with Crippen LogP contribution in [-0.2, 0) is 15.7 Å². The van der Waals surface area contributed by atoms with Gasteiger partial charge in [0.05, 0.1) is 5.56 Å².